The number of anilines is 2. The van der Waals surface area contributed by atoms with Gasteiger partial charge in [-0.1, -0.05) is 31.1 Å². The lowest BCUT2D eigenvalue weighted by Gasteiger charge is -2.36. The first-order valence-electron chi connectivity index (χ1n) is 13.8. The summed E-state index contributed by atoms with van der Waals surface area (Å²) in [4.78, 5) is 39.9. The third-order valence-corrected chi connectivity index (χ3v) is 7.17. The molecule has 1 aliphatic rings. The minimum absolute atomic E-state index is 0.108. The Morgan fingerprint density at radius 1 is 1.05 bits per heavy atom. The van der Waals surface area contributed by atoms with Crippen molar-refractivity contribution in [3.63, 3.8) is 0 Å². The van der Waals surface area contributed by atoms with Crippen molar-refractivity contribution in [3.05, 3.63) is 60.0 Å². The number of aryl methyl sites for hydroxylation is 1. The Morgan fingerprint density at radius 3 is 2.50 bits per heavy atom. The predicted molar refractivity (Wildman–Crippen MR) is 158 cm³/mol. The summed E-state index contributed by atoms with van der Waals surface area (Å²) in [6, 6.07) is 5.48. The van der Waals surface area contributed by atoms with Crippen LogP contribution in [0.2, 0.25) is 0 Å². The van der Waals surface area contributed by atoms with E-state index >= 15 is 0 Å². The molecule has 0 aliphatic carbocycles. The summed E-state index contributed by atoms with van der Waals surface area (Å²) in [5.41, 5.74) is 3.90. The molecule has 220 valence electrons. The van der Waals surface area contributed by atoms with Gasteiger partial charge in [0.05, 0.1) is 41.6 Å². The first-order valence-corrected chi connectivity index (χ1v) is 13.8. The first-order chi connectivity index (χ1) is 20.0. The Hall–Kier alpha value is -4.65. The van der Waals surface area contributed by atoms with Crippen LogP contribution in [0, 0.1) is 6.92 Å². The summed E-state index contributed by atoms with van der Waals surface area (Å²) >= 11 is 0. The summed E-state index contributed by atoms with van der Waals surface area (Å²) in [5, 5.41) is 15.4. The van der Waals surface area contributed by atoms with Crippen LogP contribution in [0.3, 0.4) is 0 Å². The second kappa shape index (κ2) is 11.7. The van der Waals surface area contributed by atoms with Gasteiger partial charge in [-0.25, -0.2) is 4.68 Å². The SMILES string of the molecule is Cc1ncc(C(=O)Nc2cc(C(C)(C)C)on2)cc1-n1cc(-c2cncc(N3CCN(CC(=O)N(C)C)CC3)c2)nn1. The van der Waals surface area contributed by atoms with Crippen LogP contribution >= 0.6 is 0 Å². The third-order valence-electron chi connectivity index (χ3n) is 7.17. The van der Waals surface area contributed by atoms with E-state index in [0.717, 1.165) is 37.4 Å². The van der Waals surface area contributed by atoms with E-state index < -0.39 is 0 Å². The summed E-state index contributed by atoms with van der Waals surface area (Å²) in [6.07, 6.45) is 6.90. The molecule has 42 heavy (non-hydrogen) atoms. The molecule has 13 nitrogen and oxygen atoms in total. The zero-order valence-electron chi connectivity index (χ0n) is 24.8. The maximum atomic E-state index is 13.0. The van der Waals surface area contributed by atoms with Crippen LogP contribution in [-0.4, -0.2) is 98.6 Å². The van der Waals surface area contributed by atoms with Crippen molar-refractivity contribution in [3.8, 4) is 16.9 Å². The average Bonchev–Trinajstić information content (AvgIpc) is 3.64. The number of rotatable bonds is 7. The number of hydrogen-bond acceptors (Lipinski definition) is 10. The summed E-state index contributed by atoms with van der Waals surface area (Å²) in [7, 11) is 3.56. The van der Waals surface area contributed by atoms with Crippen LogP contribution in [0.15, 0.2) is 47.5 Å². The van der Waals surface area contributed by atoms with Gasteiger partial charge in [0.15, 0.2) is 5.82 Å². The van der Waals surface area contributed by atoms with Gasteiger partial charge in [-0.2, -0.15) is 0 Å². The van der Waals surface area contributed by atoms with Gasteiger partial charge in [-0.05, 0) is 19.1 Å². The van der Waals surface area contributed by atoms with Gasteiger partial charge in [0.1, 0.15) is 11.5 Å². The third kappa shape index (κ3) is 6.46. The lowest BCUT2D eigenvalue weighted by Crippen LogP contribution is -2.49. The minimum atomic E-state index is -0.360. The molecule has 1 saturated heterocycles. The van der Waals surface area contributed by atoms with Gasteiger partial charge >= 0.3 is 0 Å². The molecule has 1 aliphatic heterocycles. The highest BCUT2D eigenvalue weighted by Crippen LogP contribution is 2.26. The Labute approximate surface area is 244 Å². The van der Waals surface area contributed by atoms with E-state index in [9.17, 15) is 9.59 Å². The van der Waals surface area contributed by atoms with E-state index in [1.807, 2.05) is 40.0 Å². The van der Waals surface area contributed by atoms with E-state index in [1.54, 1.807) is 48.2 Å². The van der Waals surface area contributed by atoms with Crippen LogP contribution in [-0.2, 0) is 10.2 Å². The Morgan fingerprint density at radius 2 is 1.81 bits per heavy atom. The maximum Gasteiger partial charge on any atom is 0.258 e. The van der Waals surface area contributed by atoms with E-state index in [0.29, 0.717) is 40.8 Å². The van der Waals surface area contributed by atoms with Crippen molar-refractivity contribution in [1.29, 1.82) is 0 Å². The average molecular weight is 573 g/mol. The number of nitrogens with one attached hydrogen (secondary N) is 1. The van der Waals surface area contributed by atoms with E-state index in [-0.39, 0.29) is 17.2 Å². The standard InChI is InChI=1S/C29H36N10O3/c1-19-24(12-21(15-31-19)28(41)32-26-13-25(42-34-26)29(2,3)4)39-17-23(33-35-39)20-11-22(16-30-14-20)38-9-7-37(8-10-38)18-27(40)36(5)6/h11-17H,7-10,18H2,1-6H3,(H,32,34,41). The lowest BCUT2D eigenvalue weighted by molar-refractivity contribution is -0.129. The van der Waals surface area contributed by atoms with Crippen molar-refractivity contribution in [2.24, 2.45) is 0 Å². The highest BCUT2D eigenvalue weighted by atomic mass is 16.5. The number of aromatic nitrogens is 6. The van der Waals surface area contributed by atoms with Gasteiger partial charge in [-0.3, -0.25) is 24.5 Å². The number of nitrogens with zero attached hydrogens (tertiary/aromatic N) is 9. The topological polar surface area (TPSA) is 138 Å². The molecule has 5 rings (SSSR count). The Bertz CT molecular complexity index is 1580. The number of carbonyl (C=O) groups excluding carboxylic acids is 2. The zero-order valence-corrected chi connectivity index (χ0v) is 24.8. The molecular formula is C29H36N10O3. The molecule has 2 amide bonds. The Balaban J connectivity index is 1.28. The van der Waals surface area contributed by atoms with E-state index in [4.69, 9.17) is 4.52 Å². The smallest absolute Gasteiger partial charge is 0.258 e. The van der Waals surface area contributed by atoms with Crippen LogP contribution < -0.4 is 10.2 Å². The highest BCUT2D eigenvalue weighted by molar-refractivity contribution is 6.03. The molecule has 13 heteroatoms. The van der Waals surface area contributed by atoms with Crippen molar-refractivity contribution >= 4 is 23.3 Å². The fourth-order valence-corrected chi connectivity index (χ4v) is 4.51. The van der Waals surface area contributed by atoms with E-state index in [2.05, 4.69) is 40.6 Å². The number of pyridine rings is 2. The van der Waals surface area contributed by atoms with E-state index in [1.165, 1.54) is 6.20 Å². The van der Waals surface area contributed by atoms with Gasteiger partial charge in [0, 0.05) is 69.7 Å². The fourth-order valence-electron chi connectivity index (χ4n) is 4.51. The van der Waals surface area contributed by atoms with Crippen LogP contribution in [0.4, 0.5) is 11.5 Å². The molecular weight excluding hydrogens is 536 g/mol. The molecule has 0 saturated carbocycles. The second-order valence-corrected chi connectivity index (χ2v) is 11.6. The summed E-state index contributed by atoms with van der Waals surface area (Å²) < 4.78 is 6.98. The molecule has 4 aromatic rings. The molecule has 0 atom stereocenters. The maximum absolute atomic E-state index is 13.0. The molecule has 0 radical (unpaired) electrons. The van der Waals surface area contributed by atoms with Crippen molar-refractivity contribution < 1.29 is 14.1 Å². The van der Waals surface area contributed by atoms with Crippen molar-refractivity contribution in [1.82, 2.24) is 39.9 Å². The lowest BCUT2D eigenvalue weighted by atomic mass is 9.93. The quantitative estimate of drug-likeness (QED) is 0.352. The van der Waals surface area contributed by atoms with Crippen LogP contribution in [0.25, 0.3) is 16.9 Å². The molecule has 0 unspecified atom stereocenters. The van der Waals surface area contributed by atoms with Crippen LogP contribution in [0.1, 0.15) is 42.6 Å². The highest BCUT2D eigenvalue weighted by Gasteiger charge is 2.22. The normalized spacial score (nSPS) is 14.2. The number of hydrogen-bond donors (Lipinski definition) is 1. The molecule has 1 N–H and O–H groups in total. The van der Waals surface area contributed by atoms with Crippen molar-refractivity contribution in [2.45, 2.75) is 33.1 Å². The second-order valence-electron chi connectivity index (χ2n) is 11.6. The Kier molecular flexibility index (Phi) is 8.03. The van der Waals surface area contributed by atoms with Crippen molar-refractivity contribution in [2.75, 3.05) is 57.0 Å². The molecule has 0 aromatic carbocycles. The van der Waals surface area contributed by atoms with Crippen LogP contribution in [0.5, 0.6) is 0 Å². The fraction of sp³-hybridized carbons (Fsp3) is 0.414. The molecule has 0 bridgehead atoms. The van der Waals surface area contributed by atoms with Gasteiger partial charge in [-0.15, -0.1) is 5.10 Å². The molecule has 5 heterocycles. The predicted octanol–water partition coefficient (Wildman–Crippen LogP) is 2.78. The number of likely N-dealkylation sites (N-methyl/N-ethyl adjacent to an activating group) is 1. The number of piperazine rings is 1. The molecule has 1 fully saturated rings. The summed E-state index contributed by atoms with van der Waals surface area (Å²) in [5.74, 6) is 0.760. The first kappa shape index (κ1) is 28.9. The molecule has 0 spiro atoms. The monoisotopic (exact) mass is 572 g/mol. The number of carbonyl (C=O) groups is 2. The minimum Gasteiger partial charge on any atom is -0.368 e. The largest absolute Gasteiger partial charge is 0.368 e. The van der Waals surface area contributed by atoms with Gasteiger partial charge in [0.25, 0.3) is 5.91 Å². The van der Waals surface area contributed by atoms with Gasteiger partial charge < -0.3 is 19.6 Å². The summed E-state index contributed by atoms with van der Waals surface area (Å²) in [6.45, 7) is 11.5. The molecule has 4 aromatic heterocycles. The zero-order chi connectivity index (χ0) is 30.0. The van der Waals surface area contributed by atoms with Gasteiger partial charge in [0.2, 0.25) is 5.91 Å². The number of amides is 2.